The van der Waals surface area contributed by atoms with Crippen molar-refractivity contribution in [3.05, 3.63) is 65.4 Å². The number of ether oxygens (including phenoxy) is 1. The van der Waals surface area contributed by atoms with Gasteiger partial charge in [0.1, 0.15) is 0 Å². The van der Waals surface area contributed by atoms with Crippen LogP contribution in [0.5, 0.6) is 11.5 Å². The first-order chi connectivity index (χ1) is 12.6. The highest BCUT2D eigenvalue weighted by molar-refractivity contribution is 6.06. The van der Waals surface area contributed by atoms with Gasteiger partial charge in [-0.2, -0.15) is 5.10 Å². The van der Waals surface area contributed by atoms with Crippen molar-refractivity contribution in [3.8, 4) is 11.5 Å². The molecule has 0 saturated heterocycles. The number of carbonyl (C=O) groups is 1. The second-order valence-corrected chi connectivity index (χ2v) is 5.66. The molecule has 6 nitrogen and oxygen atoms in total. The number of carbonyl (C=O) groups excluding carboxylic acids is 1. The first kappa shape index (κ1) is 17.4. The first-order valence-electron chi connectivity index (χ1n) is 8.21. The van der Waals surface area contributed by atoms with Crippen molar-refractivity contribution in [3.63, 3.8) is 0 Å². The fourth-order valence-electron chi connectivity index (χ4n) is 2.61. The third-order valence-electron chi connectivity index (χ3n) is 3.96. The van der Waals surface area contributed by atoms with Crippen LogP contribution in [0.4, 0.5) is 0 Å². The molecule has 0 radical (unpaired) electrons. The predicted octanol–water partition coefficient (Wildman–Crippen LogP) is 3.28. The van der Waals surface area contributed by atoms with Gasteiger partial charge in [0.25, 0.3) is 5.91 Å². The molecule has 0 spiro atoms. The molecule has 2 N–H and O–H groups in total. The molecule has 0 fully saturated rings. The molecule has 0 atom stereocenters. The molecule has 1 aromatic heterocycles. The van der Waals surface area contributed by atoms with E-state index in [0.717, 1.165) is 23.0 Å². The number of rotatable bonds is 5. The van der Waals surface area contributed by atoms with Crippen molar-refractivity contribution >= 4 is 23.0 Å². The number of fused-ring (bicyclic) bond motifs is 1. The van der Waals surface area contributed by atoms with Gasteiger partial charge in [-0.05, 0) is 42.3 Å². The minimum Gasteiger partial charge on any atom is -0.504 e. The summed E-state index contributed by atoms with van der Waals surface area (Å²) in [6, 6.07) is 14.2. The average Bonchev–Trinajstić information content (AvgIpc) is 2.67. The predicted molar refractivity (Wildman–Crippen MR) is 101 cm³/mol. The van der Waals surface area contributed by atoms with E-state index in [1.807, 2.05) is 31.2 Å². The average molecular weight is 349 g/mol. The van der Waals surface area contributed by atoms with Crippen molar-refractivity contribution in [2.45, 2.75) is 13.3 Å². The number of para-hydroxylation sites is 1. The smallest absolute Gasteiger partial charge is 0.272 e. The second-order valence-electron chi connectivity index (χ2n) is 5.66. The van der Waals surface area contributed by atoms with Gasteiger partial charge >= 0.3 is 0 Å². The Morgan fingerprint density at radius 3 is 2.81 bits per heavy atom. The van der Waals surface area contributed by atoms with E-state index < -0.39 is 0 Å². The lowest BCUT2D eigenvalue weighted by atomic mass is 10.1. The Kier molecular flexibility index (Phi) is 5.12. The molecule has 0 unspecified atom stereocenters. The Morgan fingerprint density at radius 2 is 2.08 bits per heavy atom. The summed E-state index contributed by atoms with van der Waals surface area (Å²) in [6.45, 7) is 1.99. The normalized spacial score (nSPS) is 11.0. The van der Waals surface area contributed by atoms with Crippen molar-refractivity contribution in [1.82, 2.24) is 10.4 Å². The van der Waals surface area contributed by atoms with Gasteiger partial charge < -0.3 is 9.84 Å². The minimum atomic E-state index is -0.313. The van der Waals surface area contributed by atoms with Crippen molar-refractivity contribution in [2.75, 3.05) is 7.11 Å². The molecule has 0 aliphatic carbocycles. The molecular weight excluding hydrogens is 330 g/mol. The number of phenolic OH excluding ortho intramolecular Hbond substituents is 1. The van der Waals surface area contributed by atoms with Crippen LogP contribution in [0.3, 0.4) is 0 Å². The number of methoxy groups -OCH3 is 1. The molecule has 132 valence electrons. The number of nitrogens with one attached hydrogen (secondary N) is 1. The maximum Gasteiger partial charge on any atom is 0.272 e. The lowest BCUT2D eigenvalue weighted by Crippen LogP contribution is -2.18. The zero-order valence-electron chi connectivity index (χ0n) is 14.6. The number of hydrogen-bond acceptors (Lipinski definition) is 5. The highest BCUT2D eigenvalue weighted by Gasteiger charge is 2.11. The number of amides is 1. The maximum absolute atomic E-state index is 12.6. The maximum atomic E-state index is 12.6. The summed E-state index contributed by atoms with van der Waals surface area (Å²) >= 11 is 0. The summed E-state index contributed by atoms with van der Waals surface area (Å²) in [4.78, 5) is 17.1. The quantitative estimate of drug-likeness (QED) is 0.547. The third kappa shape index (κ3) is 3.64. The van der Waals surface area contributed by atoms with Gasteiger partial charge in [-0.15, -0.1) is 0 Å². The van der Waals surface area contributed by atoms with Crippen LogP contribution >= 0.6 is 0 Å². The van der Waals surface area contributed by atoms with E-state index in [4.69, 9.17) is 4.74 Å². The van der Waals surface area contributed by atoms with Gasteiger partial charge in [-0.3, -0.25) is 9.78 Å². The van der Waals surface area contributed by atoms with Gasteiger partial charge in [-0.1, -0.05) is 25.1 Å². The molecule has 3 aromatic rings. The largest absolute Gasteiger partial charge is 0.504 e. The van der Waals surface area contributed by atoms with Crippen LogP contribution in [0.15, 0.2) is 53.6 Å². The fraction of sp³-hybridized carbons (Fsp3) is 0.150. The monoisotopic (exact) mass is 349 g/mol. The fourth-order valence-corrected chi connectivity index (χ4v) is 2.61. The van der Waals surface area contributed by atoms with Gasteiger partial charge in [0, 0.05) is 11.1 Å². The number of phenols is 1. The third-order valence-corrected chi connectivity index (χ3v) is 3.96. The van der Waals surface area contributed by atoms with Crippen LogP contribution in [0, 0.1) is 0 Å². The molecule has 1 heterocycles. The number of pyridine rings is 1. The van der Waals surface area contributed by atoms with Crippen LogP contribution in [-0.2, 0) is 6.42 Å². The van der Waals surface area contributed by atoms with E-state index in [0.29, 0.717) is 16.9 Å². The summed E-state index contributed by atoms with van der Waals surface area (Å²) in [5.41, 5.74) is 5.32. The highest BCUT2D eigenvalue weighted by Crippen LogP contribution is 2.25. The summed E-state index contributed by atoms with van der Waals surface area (Å²) in [5.74, 6) is 0.0734. The Labute approximate surface area is 151 Å². The number of aromatic nitrogens is 1. The van der Waals surface area contributed by atoms with E-state index in [9.17, 15) is 9.90 Å². The van der Waals surface area contributed by atoms with Crippen LogP contribution in [0.25, 0.3) is 10.9 Å². The molecule has 0 bridgehead atoms. The molecule has 1 amide bonds. The summed E-state index contributed by atoms with van der Waals surface area (Å²) < 4.78 is 4.99. The van der Waals surface area contributed by atoms with Gasteiger partial charge in [0.15, 0.2) is 11.5 Å². The summed E-state index contributed by atoms with van der Waals surface area (Å²) in [7, 11) is 1.48. The number of aryl methyl sites for hydroxylation is 1. The first-order valence-corrected chi connectivity index (χ1v) is 8.21. The Morgan fingerprint density at radius 1 is 1.27 bits per heavy atom. The standard InChI is InChI=1S/C20H19N3O3/c1-3-14-11-16(15-6-4-5-7-17(15)22-14)20(25)23-21-12-13-8-9-19(26-2)18(24)10-13/h4-12,24H,3H2,1-2H3,(H,23,25)/b21-12+. The molecule has 0 saturated carbocycles. The van der Waals surface area contributed by atoms with Crippen LogP contribution in [-0.4, -0.2) is 29.3 Å². The summed E-state index contributed by atoms with van der Waals surface area (Å²) in [5, 5.41) is 14.5. The molecule has 26 heavy (non-hydrogen) atoms. The van der Waals surface area contributed by atoms with Crippen molar-refractivity contribution in [1.29, 1.82) is 0 Å². The Balaban J connectivity index is 1.82. The topological polar surface area (TPSA) is 83.8 Å². The van der Waals surface area contributed by atoms with E-state index in [-0.39, 0.29) is 11.7 Å². The Bertz CT molecular complexity index is 983. The number of hydrogen-bond donors (Lipinski definition) is 2. The SMILES string of the molecule is CCc1cc(C(=O)N/N=C/c2ccc(OC)c(O)c2)c2ccccc2n1. The molecule has 3 rings (SSSR count). The van der Waals surface area contributed by atoms with Gasteiger partial charge in [-0.25, -0.2) is 5.43 Å². The lowest BCUT2D eigenvalue weighted by Gasteiger charge is -2.07. The number of aromatic hydroxyl groups is 1. The number of hydrazone groups is 1. The summed E-state index contributed by atoms with van der Waals surface area (Å²) in [6.07, 6.45) is 2.20. The van der Waals surface area contributed by atoms with Crippen LogP contribution < -0.4 is 10.2 Å². The molecule has 6 heteroatoms. The highest BCUT2D eigenvalue weighted by atomic mass is 16.5. The molecular formula is C20H19N3O3. The van der Waals surface area contributed by atoms with Gasteiger partial charge in [0.05, 0.1) is 24.4 Å². The van der Waals surface area contributed by atoms with Crippen molar-refractivity contribution in [2.24, 2.45) is 5.10 Å². The van der Waals surface area contributed by atoms with Crippen molar-refractivity contribution < 1.29 is 14.6 Å². The molecule has 2 aromatic carbocycles. The van der Waals surface area contributed by atoms with E-state index in [2.05, 4.69) is 15.5 Å². The van der Waals surface area contributed by atoms with E-state index in [1.165, 1.54) is 19.4 Å². The van der Waals surface area contributed by atoms with E-state index >= 15 is 0 Å². The second kappa shape index (κ2) is 7.65. The number of nitrogens with zero attached hydrogens (tertiary/aromatic N) is 2. The van der Waals surface area contributed by atoms with Crippen LogP contribution in [0.2, 0.25) is 0 Å². The van der Waals surface area contributed by atoms with Crippen LogP contribution in [0.1, 0.15) is 28.5 Å². The zero-order valence-corrected chi connectivity index (χ0v) is 14.6. The van der Waals surface area contributed by atoms with Gasteiger partial charge in [0.2, 0.25) is 0 Å². The molecule has 0 aliphatic rings. The lowest BCUT2D eigenvalue weighted by molar-refractivity contribution is 0.0956. The minimum absolute atomic E-state index is 0.00971. The zero-order chi connectivity index (χ0) is 18.5. The molecule has 0 aliphatic heterocycles. The Hall–Kier alpha value is -3.41. The number of benzene rings is 2. The van der Waals surface area contributed by atoms with E-state index in [1.54, 1.807) is 18.2 Å².